The number of likely N-dealkylation sites (tertiary alicyclic amines) is 1. The number of anilines is 1. The van der Waals surface area contributed by atoms with Gasteiger partial charge in [0.15, 0.2) is 11.7 Å². The van der Waals surface area contributed by atoms with E-state index in [-0.39, 0.29) is 29.7 Å². The lowest BCUT2D eigenvalue weighted by Crippen LogP contribution is -2.47. The van der Waals surface area contributed by atoms with Crippen LogP contribution < -0.4 is 15.2 Å². The van der Waals surface area contributed by atoms with Gasteiger partial charge < -0.3 is 15.4 Å². The summed E-state index contributed by atoms with van der Waals surface area (Å²) in [6.45, 7) is 0.639. The molecule has 1 atom stereocenters. The number of fused-ring (bicyclic) bond motifs is 1. The van der Waals surface area contributed by atoms with E-state index >= 15 is 0 Å². The smallest absolute Gasteiger partial charge is 0.344 e. The Bertz CT molecular complexity index is 1120. The third-order valence-corrected chi connectivity index (χ3v) is 5.98. The first-order valence-electron chi connectivity index (χ1n) is 9.40. The summed E-state index contributed by atoms with van der Waals surface area (Å²) >= 11 is 0. The minimum atomic E-state index is -3.89. The highest BCUT2D eigenvalue weighted by molar-refractivity contribution is 7.91. The second-order valence-corrected chi connectivity index (χ2v) is 8.38. The molecule has 2 aliphatic rings. The molecule has 2 aromatic rings. The number of amidine groups is 1. The maximum Gasteiger partial charge on any atom is 0.344 e. The van der Waals surface area contributed by atoms with Crippen LogP contribution in [-0.2, 0) is 10.2 Å². The van der Waals surface area contributed by atoms with E-state index in [1.807, 2.05) is 0 Å². The molecule has 1 saturated heterocycles. The first-order valence-corrected chi connectivity index (χ1v) is 10.8. The molecule has 1 aromatic heterocycles. The molecule has 0 radical (unpaired) electrons. The van der Waals surface area contributed by atoms with E-state index in [1.54, 1.807) is 23.1 Å². The zero-order valence-electron chi connectivity index (χ0n) is 15.9. The standard InChI is InChI=1S/C19H20FN5O4S/c20-14-10-22-8-7-13(14)19(26)25-9-2-1-4-12(25)11-29-16-6-3-5-15-17(16)18(21)24-30(27,28)23-15/h3,5-8,10,12,23H,1-2,4,9,11H2,(H2,21,24). The van der Waals surface area contributed by atoms with Crippen molar-refractivity contribution in [3.05, 3.63) is 53.6 Å². The number of nitrogens with one attached hydrogen (secondary N) is 1. The molecule has 11 heteroatoms. The summed E-state index contributed by atoms with van der Waals surface area (Å²) in [6.07, 6.45) is 4.82. The molecule has 3 N–H and O–H groups in total. The molecule has 1 unspecified atom stereocenters. The summed E-state index contributed by atoms with van der Waals surface area (Å²) in [5, 5.41) is 0. The maximum absolute atomic E-state index is 14.0. The number of hydrogen-bond donors (Lipinski definition) is 2. The van der Waals surface area contributed by atoms with Gasteiger partial charge in [0.05, 0.1) is 29.1 Å². The van der Waals surface area contributed by atoms with Crippen LogP contribution in [0.3, 0.4) is 0 Å². The SMILES string of the molecule is NC1=NS(=O)(=O)Nc2cccc(OCC3CCCCN3C(=O)c3ccncc3F)c21. The van der Waals surface area contributed by atoms with Gasteiger partial charge in [-0.15, -0.1) is 4.40 Å². The number of piperidine rings is 1. The maximum atomic E-state index is 14.0. The predicted octanol–water partition coefficient (Wildman–Crippen LogP) is 1.67. The van der Waals surface area contributed by atoms with Crippen LogP contribution in [0.2, 0.25) is 0 Å². The van der Waals surface area contributed by atoms with Gasteiger partial charge in [-0.25, -0.2) is 4.39 Å². The highest BCUT2D eigenvalue weighted by Crippen LogP contribution is 2.31. The lowest BCUT2D eigenvalue weighted by molar-refractivity contribution is 0.0523. The molecule has 9 nitrogen and oxygen atoms in total. The highest BCUT2D eigenvalue weighted by Gasteiger charge is 2.30. The fourth-order valence-corrected chi connectivity index (χ4v) is 4.51. The molecule has 2 aliphatic heterocycles. The number of nitrogens with two attached hydrogens (primary N) is 1. The number of carbonyl (C=O) groups excluding carboxylic acids is 1. The van der Waals surface area contributed by atoms with Crippen LogP contribution in [-0.4, -0.2) is 49.2 Å². The Morgan fingerprint density at radius 1 is 1.33 bits per heavy atom. The summed E-state index contributed by atoms with van der Waals surface area (Å²) in [7, 11) is -3.89. The van der Waals surface area contributed by atoms with E-state index in [1.165, 1.54) is 12.3 Å². The second kappa shape index (κ2) is 7.90. The molecular weight excluding hydrogens is 413 g/mol. The number of amides is 1. The molecule has 0 saturated carbocycles. The molecule has 0 aliphatic carbocycles. The predicted molar refractivity (Wildman–Crippen MR) is 108 cm³/mol. The third kappa shape index (κ3) is 3.92. The lowest BCUT2D eigenvalue weighted by atomic mass is 10.0. The third-order valence-electron chi connectivity index (χ3n) is 5.06. The van der Waals surface area contributed by atoms with E-state index in [0.717, 1.165) is 19.0 Å². The van der Waals surface area contributed by atoms with Crippen LogP contribution in [0.15, 0.2) is 41.1 Å². The minimum Gasteiger partial charge on any atom is -0.491 e. The van der Waals surface area contributed by atoms with Crippen LogP contribution in [0.25, 0.3) is 0 Å². The fraction of sp³-hybridized carbons (Fsp3) is 0.316. The Labute approximate surface area is 172 Å². The van der Waals surface area contributed by atoms with E-state index in [4.69, 9.17) is 10.5 Å². The first-order chi connectivity index (χ1) is 14.4. The first kappa shape index (κ1) is 20.1. The normalized spacial score (nSPS) is 20.0. The van der Waals surface area contributed by atoms with Crippen molar-refractivity contribution < 1.29 is 22.3 Å². The minimum absolute atomic E-state index is 0.0280. The largest absolute Gasteiger partial charge is 0.491 e. The lowest BCUT2D eigenvalue weighted by Gasteiger charge is -2.36. The molecule has 3 heterocycles. The topological polar surface area (TPSA) is 127 Å². The second-order valence-electron chi connectivity index (χ2n) is 7.05. The van der Waals surface area contributed by atoms with Crippen molar-refractivity contribution in [3.8, 4) is 5.75 Å². The number of hydrogen-bond acceptors (Lipinski definition) is 6. The van der Waals surface area contributed by atoms with Gasteiger partial charge in [-0.2, -0.15) is 8.42 Å². The van der Waals surface area contributed by atoms with Gasteiger partial charge in [0, 0.05) is 12.7 Å². The van der Waals surface area contributed by atoms with Gasteiger partial charge >= 0.3 is 10.2 Å². The Kier molecular flexibility index (Phi) is 5.29. The average molecular weight is 433 g/mol. The van der Waals surface area contributed by atoms with Crippen molar-refractivity contribution in [1.82, 2.24) is 9.88 Å². The average Bonchev–Trinajstić information content (AvgIpc) is 2.71. The molecule has 30 heavy (non-hydrogen) atoms. The Hall–Kier alpha value is -3.21. The molecule has 1 aromatic carbocycles. The molecule has 4 rings (SSSR count). The number of pyridine rings is 1. The van der Waals surface area contributed by atoms with Crippen molar-refractivity contribution in [2.24, 2.45) is 10.1 Å². The van der Waals surface area contributed by atoms with Crippen molar-refractivity contribution in [2.45, 2.75) is 25.3 Å². The summed E-state index contributed by atoms with van der Waals surface area (Å²) in [6, 6.07) is 5.93. The Morgan fingerprint density at radius 2 is 2.17 bits per heavy atom. The number of benzene rings is 1. The number of carbonyl (C=O) groups is 1. The Morgan fingerprint density at radius 3 is 2.97 bits per heavy atom. The van der Waals surface area contributed by atoms with Gasteiger partial charge in [-0.3, -0.25) is 14.5 Å². The summed E-state index contributed by atoms with van der Waals surface area (Å²) < 4.78 is 49.2. The highest BCUT2D eigenvalue weighted by atomic mass is 32.2. The monoisotopic (exact) mass is 433 g/mol. The summed E-state index contributed by atoms with van der Waals surface area (Å²) in [5.41, 5.74) is 6.43. The molecule has 0 bridgehead atoms. The zero-order valence-corrected chi connectivity index (χ0v) is 16.7. The number of rotatable bonds is 4. The van der Waals surface area contributed by atoms with Crippen LogP contribution in [0.4, 0.5) is 10.1 Å². The summed E-state index contributed by atoms with van der Waals surface area (Å²) in [5.74, 6) is -0.896. The fourth-order valence-electron chi connectivity index (χ4n) is 3.67. The van der Waals surface area contributed by atoms with Crippen LogP contribution in [0, 0.1) is 5.82 Å². The molecule has 158 valence electrons. The van der Waals surface area contributed by atoms with Crippen LogP contribution in [0.1, 0.15) is 35.2 Å². The summed E-state index contributed by atoms with van der Waals surface area (Å²) in [4.78, 5) is 18.2. The van der Waals surface area contributed by atoms with Gasteiger partial charge in [-0.1, -0.05) is 6.07 Å². The number of halogens is 1. The molecule has 0 spiro atoms. The quantitative estimate of drug-likeness (QED) is 0.755. The van der Waals surface area contributed by atoms with Crippen LogP contribution in [0.5, 0.6) is 5.75 Å². The van der Waals surface area contributed by atoms with Crippen molar-refractivity contribution in [2.75, 3.05) is 17.9 Å². The van der Waals surface area contributed by atoms with Crippen molar-refractivity contribution in [1.29, 1.82) is 0 Å². The van der Waals surface area contributed by atoms with Crippen molar-refractivity contribution >= 4 is 27.6 Å². The van der Waals surface area contributed by atoms with E-state index in [2.05, 4.69) is 14.1 Å². The number of ether oxygens (including phenoxy) is 1. The number of nitrogens with zero attached hydrogens (tertiary/aromatic N) is 3. The molecular formula is C19H20FN5O4S. The van der Waals surface area contributed by atoms with Gasteiger partial charge in [-0.05, 0) is 37.5 Å². The van der Waals surface area contributed by atoms with Gasteiger partial charge in [0.1, 0.15) is 12.4 Å². The van der Waals surface area contributed by atoms with Crippen molar-refractivity contribution in [3.63, 3.8) is 0 Å². The molecule has 1 amide bonds. The van der Waals surface area contributed by atoms with Gasteiger partial charge in [0.25, 0.3) is 5.91 Å². The van der Waals surface area contributed by atoms with E-state index in [9.17, 15) is 17.6 Å². The van der Waals surface area contributed by atoms with Crippen LogP contribution >= 0.6 is 0 Å². The zero-order chi connectivity index (χ0) is 21.3. The van der Waals surface area contributed by atoms with E-state index in [0.29, 0.717) is 24.3 Å². The molecule has 1 fully saturated rings. The van der Waals surface area contributed by atoms with E-state index < -0.39 is 21.9 Å². The Balaban J connectivity index is 1.55. The number of aromatic nitrogens is 1. The van der Waals surface area contributed by atoms with Gasteiger partial charge in [0.2, 0.25) is 0 Å².